The maximum Gasteiger partial charge on any atom is -0.0475 e. The third-order valence-corrected chi connectivity index (χ3v) is 2.11. The summed E-state index contributed by atoms with van der Waals surface area (Å²) in [6.45, 7) is 5.96. The van der Waals surface area contributed by atoms with Crippen LogP contribution in [0, 0.1) is 0 Å². The first-order valence-corrected chi connectivity index (χ1v) is 4.09. The summed E-state index contributed by atoms with van der Waals surface area (Å²) in [6.07, 6.45) is 0. The highest BCUT2D eigenvalue weighted by atomic mass is 14.0. The van der Waals surface area contributed by atoms with Gasteiger partial charge in [0, 0.05) is 0 Å². The van der Waals surface area contributed by atoms with E-state index in [2.05, 4.69) is 43.0 Å². The van der Waals surface area contributed by atoms with Crippen LogP contribution in [0.3, 0.4) is 0 Å². The number of rotatable bonds is 1. The van der Waals surface area contributed by atoms with Gasteiger partial charge < -0.3 is 0 Å². The molecule has 2 aromatic carbocycles. The van der Waals surface area contributed by atoms with Crippen molar-refractivity contribution in [1.29, 1.82) is 0 Å². The summed E-state index contributed by atoms with van der Waals surface area (Å²) < 4.78 is 0. The number of hydrogen-bond donors (Lipinski definition) is 0. The molecule has 0 heterocycles. The number of fused-ring (bicyclic) bond motifs is 1. The SMILES string of the molecule is C=C(C)c1cc2cccc[c-]2c1. The van der Waals surface area contributed by atoms with Crippen molar-refractivity contribution in [2.75, 3.05) is 0 Å². The summed E-state index contributed by atoms with van der Waals surface area (Å²) in [7, 11) is 0. The fourth-order valence-corrected chi connectivity index (χ4v) is 1.40. The predicted molar refractivity (Wildman–Crippen MR) is 54.2 cm³/mol. The van der Waals surface area contributed by atoms with Crippen LogP contribution < -0.4 is 0 Å². The Morgan fingerprint density at radius 2 is 2.25 bits per heavy atom. The lowest BCUT2D eigenvalue weighted by Crippen LogP contribution is -1.65. The van der Waals surface area contributed by atoms with Crippen LogP contribution in [0.1, 0.15) is 12.5 Å². The summed E-state index contributed by atoms with van der Waals surface area (Å²) in [4.78, 5) is 0. The van der Waals surface area contributed by atoms with Gasteiger partial charge in [0.25, 0.3) is 0 Å². The lowest BCUT2D eigenvalue weighted by atomic mass is 10.2. The highest BCUT2D eigenvalue weighted by Crippen LogP contribution is 2.22. The molecule has 0 radical (unpaired) electrons. The Labute approximate surface area is 72.5 Å². The molecule has 0 heteroatoms. The molecule has 0 saturated carbocycles. The number of benzene rings is 1. The zero-order valence-corrected chi connectivity index (χ0v) is 7.17. The van der Waals surface area contributed by atoms with Gasteiger partial charge in [-0.1, -0.05) is 11.0 Å². The molecule has 0 aromatic heterocycles. The van der Waals surface area contributed by atoms with Gasteiger partial charge in [-0.05, 0) is 6.92 Å². The van der Waals surface area contributed by atoms with E-state index in [1.54, 1.807) is 0 Å². The van der Waals surface area contributed by atoms with Gasteiger partial charge in [-0.2, -0.15) is 0 Å². The van der Waals surface area contributed by atoms with Gasteiger partial charge in [-0.25, -0.2) is 0 Å². The molecule has 0 fully saturated rings. The molecule has 2 aromatic rings. The van der Waals surface area contributed by atoms with E-state index >= 15 is 0 Å². The van der Waals surface area contributed by atoms with Crippen LogP contribution >= 0.6 is 0 Å². The van der Waals surface area contributed by atoms with Gasteiger partial charge in [0.15, 0.2) is 0 Å². The molecule has 0 nitrogen and oxygen atoms in total. The van der Waals surface area contributed by atoms with Crippen LogP contribution in [0.4, 0.5) is 0 Å². The van der Waals surface area contributed by atoms with E-state index in [1.165, 1.54) is 16.3 Å². The Bertz CT molecular complexity index is 385. The molecular weight excluding hydrogens is 144 g/mol. The predicted octanol–water partition coefficient (Wildman–Crippen LogP) is 3.59. The van der Waals surface area contributed by atoms with Crippen molar-refractivity contribution in [2.24, 2.45) is 0 Å². The lowest BCUT2D eigenvalue weighted by Gasteiger charge is -1.94. The molecule has 0 aliphatic heterocycles. The maximum absolute atomic E-state index is 3.92. The molecule has 60 valence electrons. The van der Waals surface area contributed by atoms with Crippen LogP contribution in [-0.2, 0) is 0 Å². The third-order valence-electron chi connectivity index (χ3n) is 2.11. The standard InChI is InChI=1S/C12H11/c1-9(2)12-7-10-5-3-4-6-11(10)8-12/h3-8H,1H2,2H3/q-1. The Balaban J connectivity index is 2.70. The normalized spacial score (nSPS) is 10.4. The summed E-state index contributed by atoms with van der Waals surface area (Å²) >= 11 is 0. The van der Waals surface area contributed by atoms with Crippen LogP contribution in [0.5, 0.6) is 0 Å². The van der Waals surface area contributed by atoms with Crippen molar-refractivity contribution in [3.8, 4) is 0 Å². The van der Waals surface area contributed by atoms with Gasteiger partial charge in [0.1, 0.15) is 0 Å². The summed E-state index contributed by atoms with van der Waals surface area (Å²) in [5, 5.41) is 2.60. The molecule has 0 bridgehead atoms. The molecule has 0 amide bonds. The van der Waals surface area contributed by atoms with E-state index in [1.807, 2.05) is 6.92 Å². The minimum atomic E-state index is 1.13. The first-order valence-electron chi connectivity index (χ1n) is 4.09. The number of allylic oxidation sites excluding steroid dienone is 1. The largest absolute Gasteiger partial charge is 0.144 e. The second-order valence-electron chi connectivity index (χ2n) is 3.15. The quantitative estimate of drug-likeness (QED) is 0.552. The fraction of sp³-hybridized carbons (Fsp3) is 0.0833. The Morgan fingerprint density at radius 3 is 2.92 bits per heavy atom. The third kappa shape index (κ3) is 1.06. The van der Waals surface area contributed by atoms with Crippen molar-refractivity contribution >= 4 is 16.3 Å². The minimum Gasteiger partial charge on any atom is -0.144 e. The zero-order chi connectivity index (χ0) is 8.55. The average molecular weight is 155 g/mol. The maximum atomic E-state index is 3.92. The minimum absolute atomic E-state index is 1.13. The van der Waals surface area contributed by atoms with Crippen molar-refractivity contribution < 1.29 is 0 Å². The van der Waals surface area contributed by atoms with Crippen molar-refractivity contribution in [3.05, 3.63) is 48.5 Å². The molecule has 0 aliphatic rings. The molecule has 12 heavy (non-hydrogen) atoms. The first-order chi connectivity index (χ1) is 5.77. The Kier molecular flexibility index (Phi) is 1.54. The lowest BCUT2D eigenvalue weighted by molar-refractivity contribution is 1.69. The monoisotopic (exact) mass is 155 g/mol. The molecule has 0 unspecified atom stereocenters. The molecule has 0 aliphatic carbocycles. The van der Waals surface area contributed by atoms with Crippen LogP contribution in [-0.4, -0.2) is 0 Å². The second kappa shape index (κ2) is 2.56. The van der Waals surface area contributed by atoms with Gasteiger partial charge >= 0.3 is 0 Å². The van der Waals surface area contributed by atoms with Crippen molar-refractivity contribution in [2.45, 2.75) is 6.92 Å². The van der Waals surface area contributed by atoms with Gasteiger partial charge in [-0.15, -0.1) is 53.9 Å². The van der Waals surface area contributed by atoms with E-state index in [0.29, 0.717) is 0 Å². The molecule has 0 saturated heterocycles. The first kappa shape index (κ1) is 7.23. The highest BCUT2D eigenvalue weighted by Gasteiger charge is 1.90. The van der Waals surface area contributed by atoms with Gasteiger partial charge in [0.2, 0.25) is 0 Å². The van der Waals surface area contributed by atoms with Gasteiger partial charge in [-0.3, -0.25) is 0 Å². The van der Waals surface area contributed by atoms with E-state index in [4.69, 9.17) is 0 Å². The summed E-state index contributed by atoms with van der Waals surface area (Å²) in [5.74, 6) is 0. The van der Waals surface area contributed by atoms with Crippen LogP contribution in [0.2, 0.25) is 0 Å². The van der Waals surface area contributed by atoms with Crippen LogP contribution in [0.15, 0.2) is 43.0 Å². The van der Waals surface area contributed by atoms with Crippen molar-refractivity contribution in [1.82, 2.24) is 0 Å². The smallest absolute Gasteiger partial charge is 0.0475 e. The molecule has 2 rings (SSSR count). The fourth-order valence-electron chi connectivity index (χ4n) is 1.40. The van der Waals surface area contributed by atoms with Gasteiger partial charge in [0.05, 0.1) is 0 Å². The van der Waals surface area contributed by atoms with Crippen LogP contribution in [0.25, 0.3) is 16.3 Å². The highest BCUT2D eigenvalue weighted by molar-refractivity contribution is 5.89. The van der Waals surface area contributed by atoms with E-state index in [0.717, 1.165) is 5.57 Å². The molecule has 0 spiro atoms. The molecule has 0 N–H and O–H groups in total. The van der Waals surface area contributed by atoms with E-state index in [-0.39, 0.29) is 0 Å². The summed E-state index contributed by atoms with van der Waals surface area (Å²) in [6, 6.07) is 12.7. The molecule has 0 atom stereocenters. The van der Waals surface area contributed by atoms with Crippen molar-refractivity contribution in [3.63, 3.8) is 0 Å². The average Bonchev–Trinajstić information content (AvgIpc) is 2.46. The molecular formula is C12H11-. The van der Waals surface area contributed by atoms with E-state index in [9.17, 15) is 0 Å². The Morgan fingerprint density at radius 1 is 1.42 bits per heavy atom. The number of hydrogen-bond acceptors (Lipinski definition) is 0. The topological polar surface area (TPSA) is 0 Å². The second-order valence-corrected chi connectivity index (χ2v) is 3.15. The Hall–Kier alpha value is -1.43. The van der Waals surface area contributed by atoms with E-state index < -0.39 is 0 Å². The summed E-state index contributed by atoms with van der Waals surface area (Å²) in [5.41, 5.74) is 2.38. The zero-order valence-electron chi connectivity index (χ0n) is 7.17.